The quantitative estimate of drug-likeness (QED) is 0.322. The molecule has 10 heteroatoms. The van der Waals surface area contributed by atoms with Gasteiger partial charge in [0.05, 0.1) is 19.9 Å². The third-order valence-electron chi connectivity index (χ3n) is 4.23. The van der Waals surface area contributed by atoms with Gasteiger partial charge in [0, 0.05) is 21.7 Å². The van der Waals surface area contributed by atoms with Gasteiger partial charge >= 0.3 is 0 Å². The molecule has 0 saturated carbocycles. The minimum Gasteiger partial charge on any atom is -0.493 e. The summed E-state index contributed by atoms with van der Waals surface area (Å²) in [5.41, 5.74) is 1.95. The number of nitrogens with zero attached hydrogens (tertiary/aromatic N) is 3. The van der Waals surface area contributed by atoms with E-state index in [0.717, 1.165) is 22.0 Å². The van der Waals surface area contributed by atoms with Crippen LogP contribution in [-0.4, -0.2) is 34.4 Å². The largest absolute Gasteiger partial charge is 0.493 e. The van der Waals surface area contributed by atoms with Crippen molar-refractivity contribution in [1.82, 2.24) is 20.2 Å². The molecule has 0 fully saturated rings. The molecule has 0 aliphatic heterocycles. The Kier molecular flexibility index (Phi) is 6.96. The molecule has 0 radical (unpaired) electrons. The van der Waals surface area contributed by atoms with Gasteiger partial charge in [-0.05, 0) is 42.5 Å². The Morgan fingerprint density at radius 1 is 1.03 bits per heavy atom. The summed E-state index contributed by atoms with van der Waals surface area (Å²) in [7, 11) is 3.24. The number of aromatic amines is 1. The molecular formula is C21H19ClN4O3S2. The summed E-state index contributed by atoms with van der Waals surface area (Å²) in [6.07, 6.45) is 0. The lowest BCUT2D eigenvalue weighted by Gasteiger charge is -2.08. The number of thiazole rings is 1. The van der Waals surface area contributed by atoms with Crippen molar-refractivity contribution in [2.45, 2.75) is 17.5 Å². The van der Waals surface area contributed by atoms with Gasteiger partial charge in [-0.1, -0.05) is 23.4 Å². The van der Waals surface area contributed by atoms with Crippen molar-refractivity contribution in [3.8, 4) is 27.8 Å². The summed E-state index contributed by atoms with van der Waals surface area (Å²) in [6, 6.07) is 13.0. The number of thioether (sulfide) groups is 1. The SMILES string of the molecule is COc1ccc(-c2nc(CSc3n[nH]c(COc4ccc(Cl)cc4)n3)cs2)cc1OC. The Balaban J connectivity index is 1.33. The van der Waals surface area contributed by atoms with Gasteiger partial charge in [-0.3, -0.25) is 5.10 Å². The van der Waals surface area contributed by atoms with Crippen LogP contribution >= 0.6 is 34.7 Å². The first-order chi connectivity index (χ1) is 15.1. The van der Waals surface area contributed by atoms with Crippen molar-refractivity contribution in [3.63, 3.8) is 0 Å². The zero-order valence-electron chi connectivity index (χ0n) is 16.8. The second-order valence-corrected chi connectivity index (χ2v) is 8.55. The van der Waals surface area contributed by atoms with Gasteiger partial charge in [0.1, 0.15) is 17.4 Å². The molecule has 2 heterocycles. The molecule has 2 aromatic carbocycles. The van der Waals surface area contributed by atoms with Crippen molar-refractivity contribution < 1.29 is 14.2 Å². The molecular weight excluding hydrogens is 456 g/mol. The molecule has 0 atom stereocenters. The van der Waals surface area contributed by atoms with E-state index in [-0.39, 0.29) is 0 Å². The Bertz CT molecular complexity index is 1150. The number of methoxy groups -OCH3 is 2. The summed E-state index contributed by atoms with van der Waals surface area (Å²) in [5.74, 6) is 3.42. The van der Waals surface area contributed by atoms with Crippen LogP contribution in [0.1, 0.15) is 11.5 Å². The molecule has 1 N–H and O–H groups in total. The van der Waals surface area contributed by atoms with E-state index in [1.54, 1.807) is 37.7 Å². The third-order valence-corrected chi connectivity index (χ3v) is 6.30. The zero-order chi connectivity index (χ0) is 21.6. The molecule has 0 amide bonds. The average molecular weight is 475 g/mol. The van der Waals surface area contributed by atoms with E-state index in [1.165, 1.54) is 11.8 Å². The van der Waals surface area contributed by atoms with Crippen LogP contribution in [0.2, 0.25) is 5.02 Å². The number of rotatable bonds is 9. The molecule has 0 unspecified atom stereocenters. The van der Waals surface area contributed by atoms with Gasteiger partial charge in [0.25, 0.3) is 0 Å². The van der Waals surface area contributed by atoms with Crippen LogP contribution in [0.5, 0.6) is 17.2 Å². The van der Waals surface area contributed by atoms with E-state index in [2.05, 4.69) is 15.2 Å². The number of H-pyrrole nitrogens is 1. The van der Waals surface area contributed by atoms with Crippen molar-refractivity contribution >= 4 is 34.7 Å². The molecule has 0 saturated heterocycles. The molecule has 7 nitrogen and oxygen atoms in total. The van der Waals surface area contributed by atoms with Crippen molar-refractivity contribution in [1.29, 1.82) is 0 Å². The first-order valence-electron chi connectivity index (χ1n) is 9.24. The van der Waals surface area contributed by atoms with E-state index in [1.807, 2.05) is 35.7 Å². The van der Waals surface area contributed by atoms with Crippen molar-refractivity contribution in [2.75, 3.05) is 14.2 Å². The number of hydrogen-bond acceptors (Lipinski definition) is 8. The van der Waals surface area contributed by atoms with E-state index in [9.17, 15) is 0 Å². The van der Waals surface area contributed by atoms with Gasteiger partial charge in [0.2, 0.25) is 5.16 Å². The van der Waals surface area contributed by atoms with E-state index < -0.39 is 0 Å². The normalized spacial score (nSPS) is 10.8. The average Bonchev–Trinajstić information content (AvgIpc) is 3.46. The van der Waals surface area contributed by atoms with Crippen LogP contribution in [0.25, 0.3) is 10.6 Å². The van der Waals surface area contributed by atoms with Gasteiger partial charge in [-0.15, -0.1) is 16.4 Å². The highest BCUT2D eigenvalue weighted by molar-refractivity contribution is 7.98. The van der Waals surface area contributed by atoms with Crippen LogP contribution in [0.3, 0.4) is 0 Å². The molecule has 0 spiro atoms. The standard InChI is InChI=1S/C21H19ClN4O3S2/c1-27-17-8-3-13(9-18(17)28-2)20-23-15(11-30-20)12-31-21-24-19(25-26-21)10-29-16-6-4-14(22)5-7-16/h3-9,11H,10,12H2,1-2H3,(H,24,25,26). The molecule has 0 bridgehead atoms. The fourth-order valence-corrected chi connectivity index (χ4v) is 4.46. The summed E-state index contributed by atoms with van der Waals surface area (Å²) in [6.45, 7) is 0.301. The maximum absolute atomic E-state index is 5.88. The Hall–Kier alpha value is -2.75. The molecule has 160 valence electrons. The fraction of sp³-hybridized carbons (Fsp3) is 0.190. The smallest absolute Gasteiger partial charge is 0.208 e. The minimum absolute atomic E-state index is 0.301. The predicted molar refractivity (Wildman–Crippen MR) is 122 cm³/mol. The minimum atomic E-state index is 0.301. The number of hydrogen-bond donors (Lipinski definition) is 1. The van der Waals surface area contributed by atoms with Gasteiger partial charge in [-0.25, -0.2) is 9.97 Å². The highest BCUT2D eigenvalue weighted by atomic mass is 35.5. The van der Waals surface area contributed by atoms with E-state index in [0.29, 0.717) is 39.9 Å². The van der Waals surface area contributed by atoms with Crippen LogP contribution in [0, 0.1) is 0 Å². The molecule has 0 aliphatic rings. The molecule has 31 heavy (non-hydrogen) atoms. The maximum Gasteiger partial charge on any atom is 0.208 e. The van der Waals surface area contributed by atoms with Crippen LogP contribution in [0.15, 0.2) is 53.0 Å². The molecule has 4 aromatic rings. The first-order valence-corrected chi connectivity index (χ1v) is 11.5. The van der Waals surface area contributed by atoms with Gasteiger partial charge in [-0.2, -0.15) is 0 Å². The summed E-state index contributed by atoms with van der Waals surface area (Å²) < 4.78 is 16.3. The number of halogens is 1. The third kappa shape index (κ3) is 5.49. The summed E-state index contributed by atoms with van der Waals surface area (Å²) in [4.78, 5) is 9.17. The second-order valence-electron chi connectivity index (χ2n) is 6.31. The van der Waals surface area contributed by atoms with Crippen molar-refractivity contribution in [2.24, 2.45) is 0 Å². The van der Waals surface area contributed by atoms with E-state index >= 15 is 0 Å². The zero-order valence-corrected chi connectivity index (χ0v) is 19.2. The summed E-state index contributed by atoms with van der Waals surface area (Å²) >= 11 is 8.97. The molecule has 4 rings (SSSR count). The topological polar surface area (TPSA) is 82.2 Å². The number of aromatic nitrogens is 4. The Labute approximate surface area is 192 Å². The lowest BCUT2D eigenvalue weighted by molar-refractivity contribution is 0.296. The van der Waals surface area contributed by atoms with Crippen molar-refractivity contribution in [3.05, 3.63) is 64.4 Å². The lowest BCUT2D eigenvalue weighted by atomic mass is 10.2. The number of benzene rings is 2. The molecule has 2 aromatic heterocycles. The lowest BCUT2D eigenvalue weighted by Crippen LogP contribution is -1.97. The van der Waals surface area contributed by atoms with Crippen LogP contribution < -0.4 is 14.2 Å². The maximum atomic E-state index is 5.88. The monoisotopic (exact) mass is 474 g/mol. The second kappa shape index (κ2) is 10.0. The number of nitrogens with one attached hydrogen (secondary N) is 1. The van der Waals surface area contributed by atoms with Crippen LogP contribution in [-0.2, 0) is 12.4 Å². The number of ether oxygens (including phenoxy) is 3. The highest BCUT2D eigenvalue weighted by Crippen LogP contribution is 2.34. The molecule has 0 aliphatic carbocycles. The van der Waals surface area contributed by atoms with Crippen LogP contribution in [0.4, 0.5) is 0 Å². The van der Waals surface area contributed by atoms with Gasteiger partial charge in [0.15, 0.2) is 17.3 Å². The Morgan fingerprint density at radius 3 is 2.61 bits per heavy atom. The van der Waals surface area contributed by atoms with Gasteiger partial charge < -0.3 is 14.2 Å². The summed E-state index contributed by atoms with van der Waals surface area (Å²) in [5, 5.41) is 11.4. The fourth-order valence-electron chi connectivity index (χ4n) is 2.70. The first kappa shape index (κ1) is 21.5. The predicted octanol–water partition coefficient (Wildman–Crippen LogP) is 5.47. The van der Waals surface area contributed by atoms with E-state index in [4.69, 9.17) is 30.8 Å². The highest BCUT2D eigenvalue weighted by Gasteiger charge is 2.11. The Morgan fingerprint density at radius 2 is 1.84 bits per heavy atom.